The minimum Gasteiger partial charge on any atom is -0.496 e. The molecular weight excluding hydrogens is 296 g/mol. The molecule has 0 unspecified atom stereocenters. The van der Waals surface area contributed by atoms with E-state index in [1.54, 1.807) is 31.0 Å². The number of rotatable bonds is 4. The molecule has 1 aliphatic heterocycles. The zero-order valence-corrected chi connectivity index (χ0v) is 13.9. The molecule has 0 radical (unpaired) electrons. The first kappa shape index (κ1) is 17.1. The summed E-state index contributed by atoms with van der Waals surface area (Å²) in [5.41, 5.74) is 0.851. The number of carbonyl (C=O) groups excluding carboxylic acids is 2. The Bertz CT molecular complexity index is 551. The highest BCUT2D eigenvalue weighted by atomic mass is 16.5. The van der Waals surface area contributed by atoms with Crippen molar-refractivity contribution < 1.29 is 19.1 Å². The number of para-hydroxylation sites is 1. The molecule has 1 fully saturated rings. The first-order chi connectivity index (χ1) is 11.0. The van der Waals surface area contributed by atoms with Gasteiger partial charge in [0.25, 0.3) is 0 Å². The third-order valence-electron chi connectivity index (χ3n) is 4.04. The van der Waals surface area contributed by atoms with Gasteiger partial charge in [-0.05, 0) is 18.9 Å². The van der Waals surface area contributed by atoms with Crippen molar-refractivity contribution in [2.75, 3.05) is 34.3 Å². The molecule has 2 amide bonds. The average Bonchev–Trinajstić information content (AvgIpc) is 2.59. The van der Waals surface area contributed by atoms with Crippen molar-refractivity contribution in [3.63, 3.8) is 0 Å². The van der Waals surface area contributed by atoms with Crippen LogP contribution in [0.2, 0.25) is 0 Å². The highest BCUT2D eigenvalue weighted by Gasteiger charge is 2.29. The molecule has 0 spiro atoms. The summed E-state index contributed by atoms with van der Waals surface area (Å²) in [7, 11) is 5.06. The SMILES string of the molecule is COc1ccccc1COC(=O)C1CCN(C(=O)N(C)C)CC1. The molecule has 0 saturated carbocycles. The second kappa shape index (κ2) is 7.85. The summed E-state index contributed by atoms with van der Waals surface area (Å²) in [6, 6.07) is 7.48. The molecule has 2 rings (SSSR count). The number of hydrogen-bond acceptors (Lipinski definition) is 4. The Morgan fingerprint density at radius 2 is 1.87 bits per heavy atom. The molecule has 126 valence electrons. The average molecular weight is 320 g/mol. The van der Waals surface area contributed by atoms with Crippen LogP contribution in [0.15, 0.2) is 24.3 Å². The lowest BCUT2D eigenvalue weighted by Gasteiger charge is -2.32. The number of likely N-dealkylation sites (tertiary alicyclic amines) is 1. The molecule has 1 aliphatic rings. The van der Waals surface area contributed by atoms with Crippen LogP contribution in [0.4, 0.5) is 4.79 Å². The number of esters is 1. The Kier molecular flexibility index (Phi) is 5.84. The van der Waals surface area contributed by atoms with Gasteiger partial charge in [-0.2, -0.15) is 0 Å². The van der Waals surface area contributed by atoms with Crippen molar-refractivity contribution in [1.29, 1.82) is 0 Å². The maximum atomic E-state index is 12.2. The fraction of sp³-hybridized carbons (Fsp3) is 0.529. The van der Waals surface area contributed by atoms with Gasteiger partial charge in [0.15, 0.2) is 0 Å². The highest BCUT2D eigenvalue weighted by molar-refractivity contribution is 5.75. The van der Waals surface area contributed by atoms with Crippen LogP contribution in [-0.2, 0) is 16.1 Å². The van der Waals surface area contributed by atoms with Gasteiger partial charge in [-0.3, -0.25) is 4.79 Å². The van der Waals surface area contributed by atoms with Crippen LogP contribution in [0.3, 0.4) is 0 Å². The number of carbonyl (C=O) groups is 2. The van der Waals surface area contributed by atoms with Gasteiger partial charge in [0, 0.05) is 32.7 Å². The van der Waals surface area contributed by atoms with Crippen LogP contribution >= 0.6 is 0 Å². The Morgan fingerprint density at radius 3 is 2.48 bits per heavy atom. The number of hydrogen-bond donors (Lipinski definition) is 0. The Balaban J connectivity index is 1.82. The molecule has 1 heterocycles. The van der Waals surface area contributed by atoms with Gasteiger partial charge in [0.1, 0.15) is 12.4 Å². The number of nitrogens with zero attached hydrogens (tertiary/aromatic N) is 2. The molecule has 0 bridgehead atoms. The molecule has 0 atom stereocenters. The van der Waals surface area contributed by atoms with E-state index in [4.69, 9.17) is 9.47 Å². The summed E-state index contributed by atoms with van der Waals surface area (Å²) >= 11 is 0. The monoisotopic (exact) mass is 320 g/mol. The lowest BCUT2D eigenvalue weighted by molar-refractivity contribution is -0.151. The van der Waals surface area contributed by atoms with E-state index < -0.39 is 0 Å². The molecule has 6 nitrogen and oxygen atoms in total. The third kappa shape index (κ3) is 4.37. The van der Waals surface area contributed by atoms with E-state index in [1.807, 2.05) is 24.3 Å². The molecule has 0 aromatic heterocycles. The van der Waals surface area contributed by atoms with E-state index in [0.717, 1.165) is 5.56 Å². The summed E-state index contributed by atoms with van der Waals surface area (Å²) in [5.74, 6) is 0.371. The molecule has 0 N–H and O–H groups in total. The van der Waals surface area contributed by atoms with Gasteiger partial charge in [0.05, 0.1) is 13.0 Å². The molecule has 0 aliphatic carbocycles. The van der Waals surface area contributed by atoms with Crippen molar-refractivity contribution in [2.45, 2.75) is 19.4 Å². The van der Waals surface area contributed by atoms with Crippen LogP contribution in [0.25, 0.3) is 0 Å². The van der Waals surface area contributed by atoms with Crippen LogP contribution in [0.5, 0.6) is 5.75 Å². The van der Waals surface area contributed by atoms with Crippen LogP contribution in [0, 0.1) is 5.92 Å². The largest absolute Gasteiger partial charge is 0.496 e. The quantitative estimate of drug-likeness (QED) is 0.798. The van der Waals surface area contributed by atoms with Gasteiger partial charge < -0.3 is 19.3 Å². The lowest BCUT2D eigenvalue weighted by Crippen LogP contribution is -2.45. The summed E-state index contributed by atoms with van der Waals surface area (Å²) in [4.78, 5) is 27.4. The summed E-state index contributed by atoms with van der Waals surface area (Å²) < 4.78 is 10.7. The zero-order chi connectivity index (χ0) is 16.8. The zero-order valence-electron chi connectivity index (χ0n) is 13.9. The van der Waals surface area contributed by atoms with E-state index >= 15 is 0 Å². The molecular formula is C17H24N2O4. The topological polar surface area (TPSA) is 59.1 Å². The minimum absolute atomic E-state index is 0.00848. The summed E-state index contributed by atoms with van der Waals surface area (Å²) in [5, 5.41) is 0. The predicted molar refractivity (Wildman–Crippen MR) is 86.2 cm³/mol. The second-order valence-electron chi connectivity index (χ2n) is 5.86. The fourth-order valence-corrected chi connectivity index (χ4v) is 2.68. The van der Waals surface area contributed by atoms with E-state index in [0.29, 0.717) is 31.7 Å². The first-order valence-corrected chi connectivity index (χ1v) is 7.77. The molecule has 1 saturated heterocycles. The Morgan fingerprint density at radius 1 is 1.22 bits per heavy atom. The van der Waals surface area contributed by atoms with Gasteiger partial charge in [-0.25, -0.2) is 4.79 Å². The van der Waals surface area contributed by atoms with Crippen molar-refractivity contribution in [3.05, 3.63) is 29.8 Å². The lowest BCUT2D eigenvalue weighted by atomic mass is 9.97. The molecule has 1 aromatic carbocycles. The van der Waals surface area contributed by atoms with Crippen molar-refractivity contribution in [3.8, 4) is 5.75 Å². The number of benzene rings is 1. The van der Waals surface area contributed by atoms with Crippen LogP contribution in [-0.4, -0.2) is 56.1 Å². The van der Waals surface area contributed by atoms with Crippen LogP contribution in [0.1, 0.15) is 18.4 Å². The van der Waals surface area contributed by atoms with E-state index in [9.17, 15) is 9.59 Å². The summed E-state index contributed by atoms with van der Waals surface area (Å²) in [6.45, 7) is 1.39. The Labute approximate surface area is 137 Å². The van der Waals surface area contributed by atoms with Gasteiger partial charge in [0.2, 0.25) is 0 Å². The maximum absolute atomic E-state index is 12.2. The normalized spacial score (nSPS) is 15.2. The van der Waals surface area contributed by atoms with Gasteiger partial charge in [-0.15, -0.1) is 0 Å². The minimum atomic E-state index is -0.201. The third-order valence-corrected chi connectivity index (χ3v) is 4.04. The van der Waals surface area contributed by atoms with E-state index in [1.165, 1.54) is 0 Å². The van der Waals surface area contributed by atoms with Crippen molar-refractivity contribution in [2.24, 2.45) is 5.92 Å². The maximum Gasteiger partial charge on any atom is 0.319 e. The van der Waals surface area contributed by atoms with E-state index in [2.05, 4.69) is 0 Å². The molecule has 1 aromatic rings. The predicted octanol–water partition coefficient (Wildman–Crippen LogP) is 2.13. The highest BCUT2D eigenvalue weighted by Crippen LogP contribution is 2.22. The number of amides is 2. The molecule has 23 heavy (non-hydrogen) atoms. The van der Waals surface area contributed by atoms with Crippen molar-refractivity contribution >= 4 is 12.0 Å². The van der Waals surface area contributed by atoms with Crippen molar-refractivity contribution in [1.82, 2.24) is 9.80 Å². The number of piperidine rings is 1. The number of ether oxygens (including phenoxy) is 2. The summed E-state index contributed by atoms with van der Waals surface area (Å²) in [6.07, 6.45) is 1.29. The standard InChI is InChI=1S/C17H24N2O4/c1-18(2)17(21)19-10-8-13(9-11-19)16(20)23-12-14-6-4-5-7-15(14)22-3/h4-7,13H,8-12H2,1-3H3. The van der Waals surface area contributed by atoms with Crippen LogP contribution < -0.4 is 4.74 Å². The Hall–Kier alpha value is -2.24. The van der Waals surface area contributed by atoms with E-state index in [-0.39, 0.29) is 24.5 Å². The fourth-order valence-electron chi connectivity index (χ4n) is 2.68. The van der Waals surface area contributed by atoms with Gasteiger partial charge >= 0.3 is 12.0 Å². The second-order valence-corrected chi connectivity index (χ2v) is 5.86. The number of methoxy groups -OCH3 is 1. The smallest absolute Gasteiger partial charge is 0.319 e. The van der Waals surface area contributed by atoms with Gasteiger partial charge in [-0.1, -0.05) is 18.2 Å². The molecule has 6 heteroatoms. The number of urea groups is 1. The first-order valence-electron chi connectivity index (χ1n) is 7.77.